The number of aromatic nitrogens is 2. The molecule has 0 aliphatic carbocycles. The molecule has 1 atom stereocenters. The van der Waals surface area contributed by atoms with E-state index in [9.17, 15) is 22.8 Å². The van der Waals surface area contributed by atoms with E-state index in [0.717, 1.165) is 17.7 Å². The molecule has 1 aromatic heterocycles. The first kappa shape index (κ1) is 19.7. The molecule has 9 heteroatoms. The zero-order chi connectivity index (χ0) is 21.5. The molecule has 2 N–H and O–H groups in total. The van der Waals surface area contributed by atoms with Crippen LogP contribution in [0.3, 0.4) is 0 Å². The summed E-state index contributed by atoms with van der Waals surface area (Å²) in [6, 6.07) is 13.8. The van der Waals surface area contributed by atoms with Crippen molar-refractivity contribution in [1.82, 2.24) is 9.78 Å². The van der Waals surface area contributed by atoms with Crippen molar-refractivity contribution in [3.63, 3.8) is 0 Å². The van der Waals surface area contributed by atoms with Crippen LogP contribution in [0.25, 0.3) is 0 Å². The lowest BCUT2D eigenvalue weighted by molar-refractivity contribution is -0.137. The van der Waals surface area contributed by atoms with Crippen molar-refractivity contribution in [3.8, 4) is 0 Å². The monoisotopic (exact) mass is 414 g/mol. The predicted molar refractivity (Wildman–Crippen MR) is 104 cm³/mol. The first-order valence-electron chi connectivity index (χ1n) is 9.15. The molecule has 0 saturated carbocycles. The molecular formula is C21H17F3N4O2. The average molecular weight is 414 g/mol. The highest BCUT2D eigenvalue weighted by atomic mass is 19.4. The van der Waals surface area contributed by atoms with Gasteiger partial charge < -0.3 is 10.6 Å². The molecule has 1 aliphatic rings. The van der Waals surface area contributed by atoms with Gasteiger partial charge in [-0.3, -0.25) is 14.3 Å². The summed E-state index contributed by atoms with van der Waals surface area (Å²) in [5, 5.41) is 9.49. The van der Waals surface area contributed by atoms with Crippen molar-refractivity contribution in [2.75, 3.05) is 10.6 Å². The number of halogens is 3. The Hall–Kier alpha value is -3.62. The van der Waals surface area contributed by atoms with Gasteiger partial charge >= 0.3 is 6.18 Å². The SMILES string of the molecule is Cn1nc(NC(=O)c2ccccc2C(F)(F)F)c2c1NC(=O)C[C@@H]2c1ccccc1. The van der Waals surface area contributed by atoms with Crippen LogP contribution < -0.4 is 10.6 Å². The van der Waals surface area contributed by atoms with Gasteiger partial charge in [-0.2, -0.15) is 18.3 Å². The van der Waals surface area contributed by atoms with Gasteiger partial charge in [0.05, 0.1) is 11.1 Å². The summed E-state index contributed by atoms with van der Waals surface area (Å²) in [6.07, 6.45) is -4.54. The Morgan fingerprint density at radius 1 is 1.13 bits per heavy atom. The number of amides is 2. The fourth-order valence-electron chi connectivity index (χ4n) is 3.65. The normalized spacial score (nSPS) is 16.0. The molecule has 1 aliphatic heterocycles. The molecule has 0 unspecified atom stereocenters. The van der Waals surface area contributed by atoms with Crippen LogP contribution in [0, 0.1) is 0 Å². The van der Waals surface area contributed by atoms with Gasteiger partial charge in [0.15, 0.2) is 5.82 Å². The summed E-state index contributed by atoms with van der Waals surface area (Å²) >= 11 is 0. The molecule has 6 nitrogen and oxygen atoms in total. The second kappa shape index (κ2) is 7.33. The van der Waals surface area contributed by atoms with Gasteiger partial charge in [-0.25, -0.2) is 0 Å². The molecule has 0 spiro atoms. The number of carbonyl (C=O) groups is 2. The summed E-state index contributed by atoms with van der Waals surface area (Å²) < 4.78 is 41.3. The fourth-order valence-corrected chi connectivity index (χ4v) is 3.65. The highest BCUT2D eigenvalue weighted by Crippen LogP contribution is 2.41. The number of nitrogens with zero attached hydrogens (tertiary/aromatic N) is 2. The number of hydrogen-bond donors (Lipinski definition) is 2. The van der Waals surface area contributed by atoms with E-state index in [-0.39, 0.29) is 18.1 Å². The second-order valence-corrected chi connectivity index (χ2v) is 6.95. The van der Waals surface area contributed by atoms with Gasteiger partial charge in [0, 0.05) is 24.9 Å². The predicted octanol–water partition coefficient (Wildman–Crippen LogP) is 4.17. The standard InChI is InChI=1S/C21H17F3N4O2/c1-28-19-17(14(11-16(29)25-19)12-7-3-2-4-8-12)18(27-28)26-20(30)13-9-5-6-10-15(13)21(22,23)24/h2-10,14H,11H2,1H3,(H,25,29)(H,26,27,30)/t14-/m1/s1. The van der Waals surface area contributed by atoms with E-state index in [1.807, 2.05) is 30.3 Å². The molecule has 2 heterocycles. The summed E-state index contributed by atoms with van der Waals surface area (Å²) in [6.45, 7) is 0. The maximum absolute atomic E-state index is 13.3. The lowest BCUT2D eigenvalue weighted by Crippen LogP contribution is -2.25. The highest BCUT2D eigenvalue weighted by molar-refractivity contribution is 6.06. The molecule has 0 saturated heterocycles. The van der Waals surface area contributed by atoms with Gasteiger partial charge in [-0.1, -0.05) is 42.5 Å². The van der Waals surface area contributed by atoms with E-state index in [1.165, 1.54) is 16.8 Å². The van der Waals surface area contributed by atoms with Crippen LogP contribution >= 0.6 is 0 Å². The first-order chi connectivity index (χ1) is 14.3. The third-order valence-electron chi connectivity index (χ3n) is 4.99. The highest BCUT2D eigenvalue weighted by Gasteiger charge is 2.37. The first-order valence-corrected chi connectivity index (χ1v) is 9.15. The van der Waals surface area contributed by atoms with Crippen molar-refractivity contribution in [3.05, 3.63) is 76.9 Å². The Kier molecular flexibility index (Phi) is 4.81. The van der Waals surface area contributed by atoms with Crippen LogP contribution in [0.2, 0.25) is 0 Å². The molecule has 30 heavy (non-hydrogen) atoms. The van der Waals surface area contributed by atoms with Gasteiger partial charge in [0.1, 0.15) is 5.82 Å². The van der Waals surface area contributed by atoms with Gasteiger partial charge in [0.2, 0.25) is 5.91 Å². The maximum Gasteiger partial charge on any atom is 0.417 e. The number of benzene rings is 2. The minimum atomic E-state index is -4.67. The Balaban J connectivity index is 1.75. The molecule has 0 radical (unpaired) electrons. The van der Waals surface area contributed by atoms with Gasteiger partial charge in [-0.15, -0.1) is 0 Å². The van der Waals surface area contributed by atoms with Crippen molar-refractivity contribution in [1.29, 1.82) is 0 Å². The van der Waals surface area contributed by atoms with Crippen LogP contribution in [0.4, 0.5) is 24.8 Å². The van der Waals surface area contributed by atoms with Crippen LogP contribution in [-0.2, 0) is 18.0 Å². The lowest BCUT2D eigenvalue weighted by Gasteiger charge is -2.24. The fraction of sp³-hybridized carbons (Fsp3) is 0.190. The number of anilines is 2. The van der Waals surface area contributed by atoms with Gasteiger partial charge in [-0.05, 0) is 17.7 Å². The minimum absolute atomic E-state index is 0.114. The quantitative estimate of drug-likeness (QED) is 0.676. The Morgan fingerprint density at radius 3 is 2.50 bits per heavy atom. The Morgan fingerprint density at radius 2 is 1.80 bits per heavy atom. The van der Waals surface area contributed by atoms with Crippen LogP contribution in [-0.4, -0.2) is 21.6 Å². The molecule has 3 aromatic rings. The van der Waals surface area contributed by atoms with Crippen molar-refractivity contribution in [2.45, 2.75) is 18.5 Å². The van der Waals surface area contributed by atoms with E-state index in [4.69, 9.17) is 0 Å². The van der Waals surface area contributed by atoms with E-state index < -0.39 is 29.1 Å². The lowest BCUT2D eigenvalue weighted by atomic mass is 9.86. The molecule has 2 aromatic carbocycles. The van der Waals surface area contributed by atoms with Crippen molar-refractivity contribution < 1.29 is 22.8 Å². The molecule has 2 amide bonds. The smallest absolute Gasteiger partial charge is 0.311 e. The number of aryl methyl sites for hydroxylation is 1. The summed E-state index contributed by atoms with van der Waals surface area (Å²) in [5.41, 5.74) is -0.130. The minimum Gasteiger partial charge on any atom is -0.311 e. The van der Waals surface area contributed by atoms with Crippen molar-refractivity contribution in [2.24, 2.45) is 7.05 Å². The van der Waals surface area contributed by atoms with E-state index in [2.05, 4.69) is 15.7 Å². The summed E-state index contributed by atoms with van der Waals surface area (Å²) in [4.78, 5) is 24.9. The number of nitrogens with one attached hydrogen (secondary N) is 2. The summed E-state index contributed by atoms with van der Waals surface area (Å²) in [5.74, 6) is -1.01. The number of alkyl halides is 3. The number of carbonyl (C=O) groups excluding carboxylic acids is 2. The van der Waals surface area contributed by atoms with Crippen molar-refractivity contribution >= 4 is 23.5 Å². The van der Waals surface area contributed by atoms with E-state index in [1.54, 1.807) is 7.05 Å². The Bertz CT molecular complexity index is 1120. The van der Waals surface area contributed by atoms with E-state index >= 15 is 0 Å². The Labute approximate surface area is 169 Å². The maximum atomic E-state index is 13.3. The average Bonchev–Trinajstić information content (AvgIpc) is 3.02. The zero-order valence-electron chi connectivity index (χ0n) is 15.8. The number of hydrogen-bond acceptors (Lipinski definition) is 3. The molecule has 0 bridgehead atoms. The second-order valence-electron chi connectivity index (χ2n) is 6.95. The summed E-state index contributed by atoms with van der Waals surface area (Å²) in [7, 11) is 1.59. The van der Waals surface area contributed by atoms with Gasteiger partial charge in [0.25, 0.3) is 5.91 Å². The molecule has 154 valence electrons. The third kappa shape index (κ3) is 3.54. The largest absolute Gasteiger partial charge is 0.417 e. The third-order valence-corrected chi connectivity index (χ3v) is 4.99. The number of rotatable bonds is 3. The van der Waals surface area contributed by atoms with Crippen LogP contribution in [0.5, 0.6) is 0 Å². The van der Waals surface area contributed by atoms with E-state index in [0.29, 0.717) is 11.4 Å². The topological polar surface area (TPSA) is 76.0 Å². The molecular weight excluding hydrogens is 397 g/mol. The molecule has 0 fully saturated rings. The van der Waals surface area contributed by atoms with Crippen LogP contribution in [0.1, 0.15) is 39.4 Å². The van der Waals surface area contributed by atoms with Crippen LogP contribution in [0.15, 0.2) is 54.6 Å². The zero-order valence-corrected chi connectivity index (χ0v) is 15.8. The number of fused-ring (bicyclic) bond motifs is 1. The molecule has 4 rings (SSSR count).